The SMILES string of the molecule is c1ccc(-c2ccc3c(c2)c2cc(-c4ccccc4)ccc2n3-c2ccc(-c3nc(-c4ccc5ccc(-c6nc7ccccc7o6)cc5c4)nc(-c4ccc5ccc(-c6nc7ccccc7o6)cc5c4)n3)cc2)cc1. The molecule has 8 nitrogen and oxygen atoms in total. The van der Waals surface area contributed by atoms with Crippen molar-refractivity contribution in [2.24, 2.45) is 0 Å². The molecular weight excluding hydrogens is 921 g/mol. The van der Waals surface area contributed by atoms with Gasteiger partial charge < -0.3 is 13.4 Å². The molecule has 0 aliphatic carbocycles. The highest BCUT2D eigenvalue weighted by Crippen LogP contribution is 2.39. The number of aromatic nitrogens is 6. The zero-order valence-corrected chi connectivity index (χ0v) is 40.1. The minimum atomic E-state index is 0.555. The zero-order chi connectivity index (χ0) is 49.4. The van der Waals surface area contributed by atoms with E-state index in [0.717, 1.165) is 88.3 Å². The normalized spacial score (nSPS) is 11.7. The van der Waals surface area contributed by atoms with Gasteiger partial charge in [-0.15, -0.1) is 0 Å². The Morgan fingerprint density at radius 2 is 0.653 bits per heavy atom. The Morgan fingerprint density at radius 1 is 0.267 bits per heavy atom. The van der Waals surface area contributed by atoms with Crippen LogP contribution in [0.15, 0.2) is 251 Å². The topological polar surface area (TPSA) is 95.7 Å². The van der Waals surface area contributed by atoms with Gasteiger partial charge >= 0.3 is 0 Å². The Hall–Kier alpha value is -10.3. The molecule has 0 N–H and O–H groups in total. The van der Waals surface area contributed by atoms with E-state index in [-0.39, 0.29) is 0 Å². The molecule has 0 fully saturated rings. The van der Waals surface area contributed by atoms with Crippen molar-refractivity contribution >= 4 is 65.6 Å². The molecule has 0 aliphatic rings. The summed E-state index contributed by atoms with van der Waals surface area (Å²) < 4.78 is 14.7. The van der Waals surface area contributed by atoms with Crippen molar-refractivity contribution in [3.05, 3.63) is 243 Å². The fourth-order valence-electron chi connectivity index (χ4n) is 10.5. The summed E-state index contributed by atoms with van der Waals surface area (Å²) in [6.07, 6.45) is 0. The molecule has 75 heavy (non-hydrogen) atoms. The smallest absolute Gasteiger partial charge is 0.227 e. The molecule has 15 rings (SSSR count). The summed E-state index contributed by atoms with van der Waals surface area (Å²) in [5.41, 5.74) is 15.5. The van der Waals surface area contributed by atoms with E-state index in [1.165, 1.54) is 33.0 Å². The standard InChI is InChI=1S/C67H40N6O2/c1-3-11-41(12-4-1)46-29-33-59-55(39-46)56-40-47(42-13-5-2-6-14-42)30-34-60(56)73(59)54-31-27-45(28-32-54)63-70-64(48-23-19-43-21-25-50(37-52(43)35-48)66-68-57-15-7-9-17-61(57)74-66)72-65(71-63)49-24-20-44-22-26-51(38-53(44)36-49)67-69-58-16-8-10-18-62(58)75-67/h1-40H. The second kappa shape index (κ2) is 17.2. The van der Waals surface area contributed by atoms with Crippen molar-refractivity contribution < 1.29 is 8.83 Å². The van der Waals surface area contributed by atoms with E-state index in [0.29, 0.717) is 29.3 Å². The van der Waals surface area contributed by atoms with E-state index in [4.69, 9.17) is 33.8 Å². The lowest BCUT2D eigenvalue weighted by Crippen LogP contribution is -2.01. The van der Waals surface area contributed by atoms with Crippen LogP contribution in [0.3, 0.4) is 0 Å². The van der Waals surface area contributed by atoms with Crippen LogP contribution in [-0.4, -0.2) is 29.5 Å². The highest BCUT2D eigenvalue weighted by molar-refractivity contribution is 6.11. The van der Waals surface area contributed by atoms with Crippen LogP contribution in [0.1, 0.15) is 0 Å². The maximum atomic E-state index is 6.19. The van der Waals surface area contributed by atoms with E-state index in [1.54, 1.807) is 0 Å². The predicted molar refractivity (Wildman–Crippen MR) is 302 cm³/mol. The minimum absolute atomic E-state index is 0.555. The summed E-state index contributed by atoms with van der Waals surface area (Å²) in [6.45, 7) is 0. The molecule has 0 saturated heterocycles. The summed E-state index contributed by atoms with van der Waals surface area (Å²) in [5, 5.41) is 6.54. The Kier molecular flexibility index (Phi) is 9.71. The summed E-state index contributed by atoms with van der Waals surface area (Å²) in [7, 11) is 0. The van der Waals surface area contributed by atoms with Crippen LogP contribution in [0.2, 0.25) is 0 Å². The van der Waals surface area contributed by atoms with Crippen LogP contribution < -0.4 is 0 Å². The van der Waals surface area contributed by atoms with Crippen molar-refractivity contribution in [3.8, 4) is 85.0 Å². The number of oxazole rings is 2. The van der Waals surface area contributed by atoms with Gasteiger partial charge in [-0.25, -0.2) is 24.9 Å². The first-order valence-corrected chi connectivity index (χ1v) is 24.9. The molecule has 4 heterocycles. The predicted octanol–water partition coefficient (Wildman–Crippen LogP) is 17.2. The molecule has 11 aromatic carbocycles. The lowest BCUT2D eigenvalue weighted by molar-refractivity contribution is 0.619. The monoisotopic (exact) mass is 960 g/mol. The molecule has 0 bridgehead atoms. The fourth-order valence-corrected chi connectivity index (χ4v) is 10.5. The Balaban J connectivity index is 0.859. The average molecular weight is 961 g/mol. The molecule has 8 heteroatoms. The summed E-state index contributed by atoms with van der Waals surface area (Å²) in [4.78, 5) is 25.3. The van der Waals surface area contributed by atoms with Gasteiger partial charge in [0.25, 0.3) is 0 Å². The van der Waals surface area contributed by atoms with Gasteiger partial charge in [-0.2, -0.15) is 0 Å². The summed E-state index contributed by atoms with van der Waals surface area (Å²) >= 11 is 0. The molecule has 0 radical (unpaired) electrons. The number of rotatable bonds is 8. The number of fused-ring (bicyclic) bond motifs is 7. The van der Waals surface area contributed by atoms with Crippen molar-refractivity contribution in [2.75, 3.05) is 0 Å². The molecule has 350 valence electrons. The number of hydrogen-bond donors (Lipinski definition) is 0. The van der Waals surface area contributed by atoms with E-state index in [9.17, 15) is 0 Å². The molecule has 0 spiro atoms. The van der Waals surface area contributed by atoms with Crippen molar-refractivity contribution in [2.45, 2.75) is 0 Å². The molecule has 15 aromatic rings. The third kappa shape index (κ3) is 7.51. The first-order valence-electron chi connectivity index (χ1n) is 24.9. The van der Waals surface area contributed by atoms with E-state index in [2.05, 4.69) is 187 Å². The van der Waals surface area contributed by atoms with Gasteiger partial charge in [0.05, 0.1) is 11.0 Å². The molecule has 4 aromatic heterocycles. The molecule has 0 unspecified atom stereocenters. The highest BCUT2D eigenvalue weighted by atomic mass is 16.4. The minimum Gasteiger partial charge on any atom is -0.436 e. The molecule has 0 saturated carbocycles. The maximum absolute atomic E-state index is 6.19. The summed E-state index contributed by atoms with van der Waals surface area (Å²) in [5.74, 6) is 2.81. The Labute approximate surface area is 429 Å². The number of hydrogen-bond acceptors (Lipinski definition) is 7. The molecular formula is C67H40N6O2. The summed E-state index contributed by atoms with van der Waals surface area (Å²) in [6, 6.07) is 84.2. The van der Waals surface area contributed by atoms with Crippen LogP contribution in [0.4, 0.5) is 0 Å². The van der Waals surface area contributed by atoms with E-state index >= 15 is 0 Å². The lowest BCUT2D eigenvalue weighted by atomic mass is 10.0. The Bertz CT molecular complexity index is 4370. The van der Waals surface area contributed by atoms with Gasteiger partial charge in [-0.05, 0) is 153 Å². The quantitative estimate of drug-likeness (QED) is 0.150. The van der Waals surface area contributed by atoms with Crippen molar-refractivity contribution in [1.29, 1.82) is 0 Å². The average Bonchev–Trinajstić information content (AvgIpc) is 4.26. The Morgan fingerprint density at radius 3 is 1.12 bits per heavy atom. The number of para-hydroxylation sites is 4. The van der Waals surface area contributed by atoms with Gasteiger partial charge in [0, 0.05) is 44.3 Å². The van der Waals surface area contributed by atoms with Crippen molar-refractivity contribution in [1.82, 2.24) is 29.5 Å². The fraction of sp³-hybridized carbons (Fsp3) is 0. The second-order valence-corrected chi connectivity index (χ2v) is 18.9. The van der Waals surface area contributed by atoms with Crippen LogP contribution >= 0.6 is 0 Å². The number of nitrogens with zero attached hydrogens (tertiary/aromatic N) is 6. The van der Waals surface area contributed by atoms with Gasteiger partial charge in [0.1, 0.15) is 11.0 Å². The van der Waals surface area contributed by atoms with Crippen LogP contribution in [0, 0.1) is 0 Å². The van der Waals surface area contributed by atoms with Crippen molar-refractivity contribution in [3.63, 3.8) is 0 Å². The molecule has 0 atom stereocenters. The maximum Gasteiger partial charge on any atom is 0.227 e. The second-order valence-electron chi connectivity index (χ2n) is 18.9. The van der Waals surface area contributed by atoms with E-state index < -0.39 is 0 Å². The third-order valence-corrected chi connectivity index (χ3v) is 14.3. The lowest BCUT2D eigenvalue weighted by Gasteiger charge is -2.12. The number of benzene rings is 11. The van der Waals surface area contributed by atoms with Crippen LogP contribution in [0.5, 0.6) is 0 Å². The highest BCUT2D eigenvalue weighted by Gasteiger charge is 2.19. The van der Waals surface area contributed by atoms with Gasteiger partial charge in [-0.3, -0.25) is 0 Å². The third-order valence-electron chi connectivity index (χ3n) is 14.3. The first kappa shape index (κ1) is 42.4. The first-order chi connectivity index (χ1) is 37.1. The molecule has 0 aliphatic heterocycles. The zero-order valence-electron chi connectivity index (χ0n) is 40.1. The van der Waals surface area contributed by atoms with Gasteiger partial charge in [0.2, 0.25) is 11.8 Å². The van der Waals surface area contributed by atoms with Crippen LogP contribution in [0.25, 0.3) is 151 Å². The van der Waals surface area contributed by atoms with E-state index in [1.807, 2.05) is 60.7 Å². The largest absolute Gasteiger partial charge is 0.436 e. The van der Waals surface area contributed by atoms with Crippen LogP contribution in [-0.2, 0) is 0 Å². The van der Waals surface area contributed by atoms with Gasteiger partial charge in [0.15, 0.2) is 28.6 Å². The van der Waals surface area contributed by atoms with Gasteiger partial charge in [-0.1, -0.05) is 133 Å². The molecule has 0 amide bonds.